The summed E-state index contributed by atoms with van der Waals surface area (Å²) < 4.78 is 0. The molecule has 0 fully saturated rings. The molecule has 0 saturated heterocycles. The lowest BCUT2D eigenvalue weighted by atomic mass is 10.1. The average molecular weight is 213 g/mol. The lowest BCUT2D eigenvalue weighted by Crippen LogP contribution is -1.85. The Hall–Kier alpha value is -0.500. The molecule has 0 spiro atoms. The molecule has 0 heterocycles. The zero-order chi connectivity index (χ0) is 8.10. The van der Waals surface area contributed by atoms with Crippen molar-refractivity contribution < 1.29 is 0 Å². The first-order valence-corrected chi connectivity index (χ1v) is 4.81. The largest absolute Gasteiger partial charge is 0.301 e. The van der Waals surface area contributed by atoms with Crippen LogP contribution in [0.5, 0.6) is 0 Å². The molecule has 59 valence electrons. The lowest BCUT2D eigenvalue weighted by molar-refractivity contribution is 0.939. The van der Waals surface area contributed by atoms with E-state index >= 15 is 0 Å². The Morgan fingerprint density at radius 1 is 1.36 bits per heavy atom. The van der Waals surface area contributed by atoms with E-state index in [-0.39, 0.29) is 0 Å². The standard InChI is InChI=1S/C9H11BrN/c10-6-2-4-8-3-1-5-9(11)7-8/h1,3,5,7,11H,2,4,6H2. The average Bonchev–Trinajstić information content (AvgIpc) is 2.01. The molecule has 1 aromatic rings. The molecular formula is C9H11BrN. The highest BCUT2D eigenvalue weighted by atomic mass is 79.9. The molecule has 0 unspecified atom stereocenters. The van der Waals surface area contributed by atoms with E-state index in [4.69, 9.17) is 5.73 Å². The summed E-state index contributed by atoms with van der Waals surface area (Å²) in [6, 6.07) is 7.73. The Balaban J connectivity index is 2.56. The van der Waals surface area contributed by atoms with E-state index in [0.717, 1.165) is 18.2 Å². The Labute approximate surface area is 75.7 Å². The molecule has 0 aliphatic carbocycles. The van der Waals surface area contributed by atoms with E-state index in [2.05, 4.69) is 22.0 Å². The van der Waals surface area contributed by atoms with Crippen LogP contribution in [0, 0.1) is 0 Å². The van der Waals surface area contributed by atoms with Gasteiger partial charge in [0, 0.05) is 5.33 Å². The van der Waals surface area contributed by atoms with Gasteiger partial charge in [0.2, 0.25) is 0 Å². The summed E-state index contributed by atoms with van der Waals surface area (Å²) in [6.07, 6.45) is 2.21. The molecule has 1 nitrogen and oxygen atoms in total. The molecule has 1 rings (SSSR count). The highest BCUT2D eigenvalue weighted by Crippen LogP contribution is 2.10. The highest BCUT2D eigenvalue weighted by molar-refractivity contribution is 9.09. The van der Waals surface area contributed by atoms with Crippen molar-refractivity contribution in [3.63, 3.8) is 0 Å². The van der Waals surface area contributed by atoms with Crippen molar-refractivity contribution in [2.45, 2.75) is 12.8 Å². The van der Waals surface area contributed by atoms with Crippen LogP contribution in [-0.2, 0) is 6.42 Å². The molecule has 0 saturated carbocycles. The fraction of sp³-hybridized carbons (Fsp3) is 0.333. The van der Waals surface area contributed by atoms with Gasteiger partial charge in [0.05, 0.1) is 5.69 Å². The van der Waals surface area contributed by atoms with E-state index < -0.39 is 0 Å². The number of nitrogens with one attached hydrogen (secondary N) is 1. The van der Waals surface area contributed by atoms with Gasteiger partial charge in [0.1, 0.15) is 0 Å². The Morgan fingerprint density at radius 3 is 2.82 bits per heavy atom. The molecule has 1 aromatic carbocycles. The summed E-state index contributed by atoms with van der Waals surface area (Å²) in [7, 11) is 0. The molecule has 0 amide bonds. The minimum absolute atomic E-state index is 0.608. The number of hydrogen-bond donors (Lipinski definition) is 0. The van der Waals surface area contributed by atoms with Crippen LogP contribution in [0.4, 0.5) is 5.69 Å². The van der Waals surface area contributed by atoms with Crippen LogP contribution in [0.15, 0.2) is 24.3 Å². The molecule has 0 bridgehead atoms. The van der Waals surface area contributed by atoms with Gasteiger partial charge in [-0.25, -0.2) is 0 Å². The van der Waals surface area contributed by atoms with Crippen LogP contribution < -0.4 is 5.73 Å². The summed E-state index contributed by atoms with van der Waals surface area (Å²) >= 11 is 3.38. The van der Waals surface area contributed by atoms with E-state index in [1.807, 2.05) is 12.1 Å². The zero-order valence-corrected chi connectivity index (χ0v) is 7.89. The van der Waals surface area contributed by atoms with Crippen LogP contribution in [0.3, 0.4) is 0 Å². The predicted molar refractivity (Wildman–Crippen MR) is 51.3 cm³/mol. The van der Waals surface area contributed by atoms with Gasteiger partial charge < -0.3 is 5.73 Å². The first-order valence-electron chi connectivity index (χ1n) is 3.69. The summed E-state index contributed by atoms with van der Waals surface area (Å²) in [5.41, 5.74) is 9.23. The first kappa shape index (κ1) is 8.60. The molecule has 0 aliphatic rings. The number of aryl methyl sites for hydroxylation is 1. The van der Waals surface area contributed by atoms with Gasteiger partial charge >= 0.3 is 0 Å². The second-order valence-corrected chi connectivity index (χ2v) is 3.29. The number of hydrogen-bond acceptors (Lipinski definition) is 0. The monoisotopic (exact) mass is 212 g/mol. The highest BCUT2D eigenvalue weighted by Gasteiger charge is 1.92. The van der Waals surface area contributed by atoms with Crippen molar-refractivity contribution in [1.82, 2.24) is 5.73 Å². The third-order valence-electron chi connectivity index (χ3n) is 1.53. The fourth-order valence-corrected chi connectivity index (χ4v) is 1.28. The maximum Gasteiger partial charge on any atom is 0.0542 e. The number of alkyl halides is 1. The van der Waals surface area contributed by atoms with Gasteiger partial charge in [0.25, 0.3) is 0 Å². The molecule has 1 N–H and O–H groups in total. The van der Waals surface area contributed by atoms with Crippen LogP contribution >= 0.6 is 15.9 Å². The van der Waals surface area contributed by atoms with Crippen LogP contribution in [-0.4, -0.2) is 5.33 Å². The van der Waals surface area contributed by atoms with Crippen LogP contribution in [0.2, 0.25) is 0 Å². The maximum atomic E-state index is 7.36. The summed E-state index contributed by atoms with van der Waals surface area (Å²) in [6.45, 7) is 0. The van der Waals surface area contributed by atoms with E-state index in [0.29, 0.717) is 5.69 Å². The SMILES string of the molecule is [NH]c1cccc(CCCBr)c1. The maximum absolute atomic E-state index is 7.36. The third kappa shape index (κ3) is 2.93. The second-order valence-electron chi connectivity index (χ2n) is 2.49. The van der Waals surface area contributed by atoms with E-state index in [9.17, 15) is 0 Å². The molecule has 0 aromatic heterocycles. The van der Waals surface area contributed by atoms with E-state index in [1.54, 1.807) is 6.07 Å². The van der Waals surface area contributed by atoms with Gasteiger partial charge in [0.15, 0.2) is 0 Å². The Morgan fingerprint density at radius 2 is 2.18 bits per heavy atom. The molecule has 2 heteroatoms. The van der Waals surface area contributed by atoms with Gasteiger partial charge in [-0.1, -0.05) is 28.1 Å². The van der Waals surface area contributed by atoms with Gasteiger partial charge in [-0.2, -0.15) is 0 Å². The summed E-state index contributed by atoms with van der Waals surface area (Å²) in [4.78, 5) is 0. The second kappa shape index (κ2) is 4.39. The molecule has 0 aliphatic heterocycles. The number of benzene rings is 1. The van der Waals surface area contributed by atoms with Gasteiger partial charge in [-0.15, -0.1) is 0 Å². The quantitative estimate of drug-likeness (QED) is 0.689. The van der Waals surface area contributed by atoms with Gasteiger partial charge in [-0.05, 0) is 30.5 Å². The third-order valence-corrected chi connectivity index (χ3v) is 2.09. The normalized spacial score (nSPS) is 9.91. The summed E-state index contributed by atoms with van der Waals surface area (Å²) in [5.74, 6) is 0. The zero-order valence-electron chi connectivity index (χ0n) is 6.31. The lowest BCUT2D eigenvalue weighted by Gasteiger charge is -1.98. The van der Waals surface area contributed by atoms with Crippen molar-refractivity contribution in [1.29, 1.82) is 0 Å². The van der Waals surface area contributed by atoms with Crippen molar-refractivity contribution in [3.05, 3.63) is 29.8 Å². The topological polar surface area (TPSA) is 23.8 Å². The van der Waals surface area contributed by atoms with Gasteiger partial charge in [-0.3, -0.25) is 0 Å². The minimum atomic E-state index is 0.608. The Bertz CT molecular complexity index is 223. The predicted octanol–water partition coefficient (Wildman–Crippen LogP) is 2.93. The van der Waals surface area contributed by atoms with Crippen LogP contribution in [0.1, 0.15) is 12.0 Å². The molecule has 11 heavy (non-hydrogen) atoms. The fourth-order valence-electron chi connectivity index (χ4n) is 0.998. The van der Waals surface area contributed by atoms with Crippen molar-refractivity contribution in [3.8, 4) is 0 Å². The number of halogens is 1. The smallest absolute Gasteiger partial charge is 0.0542 e. The van der Waals surface area contributed by atoms with Crippen LogP contribution in [0.25, 0.3) is 0 Å². The van der Waals surface area contributed by atoms with E-state index in [1.165, 1.54) is 5.56 Å². The molecular weight excluding hydrogens is 202 g/mol. The van der Waals surface area contributed by atoms with Crippen molar-refractivity contribution in [2.24, 2.45) is 0 Å². The first-order chi connectivity index (χ1) is 5.33. The molecule has 1 radical (unpaired) electrons. The number of rotatable bonds is 3. The Kier molecular flexibility index (Phi) is 3.43. The van der Waals surface area contributed by atoms with Crippen molar-refractivity contribution >= 4 is 21.6 Å². The summed E-state index contributed by atoms with van der Waals surface area (Å²) in [5, 5.41) is 1.04. The minimum Gasteiger partial charge on any atom is -0.301 e. The molecule has 0 atom stereocenters. The van der Waals surface area contributed by atoms with Crippen molar-refractivity contribution in [2.75, 3.05) is 5.33 Å².